The fourth-order valence-electron chi connectivity index (χ4n) is 2.26. The number of fused-ring (bicyclic) bond motifs is 1. The van der Waals surface area contributed by atoms with Crippen molar-refractivity contribution in [1.82, 2.24) is 10.2 Å². The van der Waals surface area contributed by atoms with Gasteiger partial charge in [0.2, 0.25) is 5.91 Å². The topological polar surface area (TPSA) is 61.4 Å². The standard InChI is InChI=1S/C14H19N3O2/c1-9(8-17(2)3)15-14(19)11-5-4-10-7-13(18)16-12(10)6-11/h4-6,9H,7-8H2,1-3H3,(H,15,19)(H,16,18). The zero-order valence-electron chi connectivity index (χ0n) is 11.5. The van der Waals surface area contributed by atoms with Gasteiger partial charge in [-0.3, -0.25) is 9.59 Å². The largest absolute Gasteiger partial charge is 0.348 e. The van der Waals surface area contributed by atoms with E-state index in [4.69, 9.17) is 0 Å². The molecule has 1 aromatic rings. The molecule has 0 saturated heterocycles. The molecule has 0 spiro atoms. The lowest BCUT2D eigenvalue weighted by molar-refractivity contribution is -0.115. The summed E-state index contributed by atoms with van der Waals surface area (Å²) in [7, 11) is 3.93. The van der Waals surface area contributed by atoms with Gasteiger partial charge in [0, 0.05) is 23.8 Å². The Morgan fingerprint density at radius 1 is 1.47 bits per heavy atom. The molecular formula is C14H19N3O2. The number of hydrogen-bond donors (Lipinski definition) is 2. The fraction of sp³-hybridized carbons (Fsp3) is 0.429. The van der Waals surface area contributed by atoms with E-state index in [1.165, 1.54) is 0 Å². The molecular weight excluding hydrogens is 242 g/mol. The number of carbonyl (C=O) groups excluding carboxylic acids is 2. The Bertz CT molecular complexity index is 511. The summed E-state index contributed by atoms with van der Waals surface area (Å²) < 4.78 is 0. The molecule has 2 rings (SSSR count). The molecule has 1 aromatic carbocycles. The number of nitrogens with zero attached hydrogens (tertiary/aromatic N) is 1. The first kappa shape index (κ1) is 13.5. The molecule has 1 heterocycles. The van der Waals surface area contributed by atoms with Gasteiger partial charge in [0.25, 0.3) is 5.91 Å². The minimum atomic E-state index is -0.113. The molecule has 5 heteroatoms. The minimum Gasteiger partial charge on any atom is -0.348 e. The van der Waals surface area contributed by atoms with Gasteiger partial charge in [0.1, 0.15) is 0 Å². The Balaban J connectivity index is 2.04. The third-order valence-electron chi connectivity index (χ3n) is 3.01. The summed E-state index contributed by atoms with van der Waals surface area (Å²) in [5, 5.41) is 5.69. The van der Waals surface area contributed by atoms with E-state index in [0.717, 1.165) is 17.8 Å². The van der Waals surface area contributed by atoms with E-state index in [-0.39, 0.29) is 17.9 Å². The summed E-state index contributed by atoms with van der Waals surface area (Å²) in [5.74, 6) is -0.133. The van der Waals surface area contributed by atoms with E-state index in [2.05, 4.69) is 10.6 Å². The van der Waals surface area contributed by atoms with Crippen LogP contribution < -0.4 is 10.6 Å². The third-order valence-corrected chi connectivity index (χ3v) is 3.01. The highest BCUT2D eigenvalue weighted by Gasteiger charge is 2.19. The van der Waals surface area contributed by atoms with Gasteiger partial charge < -0.3 is 15.5 Å². The first-order chi connectivity index (χ1) is 8.95. The van der Waals surface area contributed by atoms with Crippen LogP contribution in [0.5, 0.6) is 0 Å². The maximum Gasteiger partial charge on any atom is 0.251 e. The van der Waals surface area contributed by atoms with Crippen molar-refractivity contribution in [3.63, 3.8) is 0 Å². The van der Waals surface area contributed by atoms with Crippen molar-refractivity contribution in [2.75, 3.05) is 26.0 Å². The van der Waals surface area contributed by atoms with Crippen molar-refractivity contribution < 1.29 is 9.59 Å². The van der Waals surface area contributed by atoms with Crippen LogP contribution in [0.4, 0.5) is 5.69 Å². The SMILES string of the molecule is CC(CN(C)C)NC(=O)c1ccc2c(c1)NC(=O)C2. The lowest BCUT2D eigenvalue weighted by Crippen LogP contribution is -2.39. The smallest absolute Gasteiger partial charge is 0.251 e. The molecule has 1 atom stereocenters. The van der Waals surface area contributed by atoms with Crippen molar-refractivity contribution in [2.24, 2.45) is 0 Å². The summed E-state index contributed by atoms with van der Waals surface area (Å²) >= 11 is 0. The minimum absolute atomic E-state index is 0.0199. The van der Waals surface area contributed by atoms with Crippen molar-refractivity contribution in [1.29, 1.82) is 0 Å². The number of benzene rings is 1. The van der Waals surface area contributed by atoms with Gasteiger partial charge in [0.15, 0.2) is 0 Å². The number of hydrogen-bond acceptors (Lipinski definition) is 3. The molecule has 2 amide bonds. The van der Waals surface area contributed by atoms with E-state index < -0.39 is 0 Å². The van der Waals surface area contributed by atoms with Gasteiger partial charge in [-0.25, -0.2) is 0 Å². The molecule has 2 N–H and O–H groups in total. The Hall–Kier alpha value is -1.88. The fourth-order valence-corrected chi connectivity index (χ4v) is 2.26. The Morgan fingerprint density at radius 3 is 2.89 bits per heavy atom. The molecule has 0 fully saturated rings. The predicted molar refractivity (Wildman–Crippen MR) is 74.3 cm³/mol. The number of anilines is 1. The molecule has 0 bridgehead atoms. The lowest BCUT2D eigenvalue weighted by atomic mass is 10.1. The molecule has 19 heavy (non-hydrogen) atoms. The number of rotatable bonds is 4. The van der Waals surface area contributed by atoms with Gasteiger partial charge in [-0.2, -0.15) is 0 Å². The highest BCUT2D eigenvalue weighted by Crippen LogP contribution is 2.23. The van der Waals surface area contributed by atoms with E-state index in [1.54, 1.807) is 12.1 Å². The zero-order chi connectivity index (χ0) is 14.0. The zero-order valence-corrected chi connectivity index (χ0v) is 11.5. The van der Waals surface area contributed by atoms with Crippen molar-refractivity contribution in [3.05, 3.63) is 29.3 Å². The van der Waals surface area contributed by atoms with Gasteiger partial charge in [-0.1, -0.05) is 6.07 Å². The van der Waals surface area contributed by atoms with E-state index >= 15 is 0 Å². The lowest BCUT2D eigenvalue weighted by Gasteiger charge is -2.18. The van der Waals surface area contributed by atoms with Crippen molar-refractivity contribution >= 4 is 17.5 Å². The third kappa shape index (κ3) is 3.32. The first-order valence-electron chi connectivity index (χ1n) is 6.34. The van der Waals surface area contributed by atoms with Crippen molar-refractivity contribution in [3.8, 4) is 0 Å². The predicted octanol–water partition coefficient (Wildman–Crippen LogP) is 0.861. The Kier molecular flexibility index (Phi) is 3.85. The van der Waals surface area contributed by atoms with Crippen LogP contribution in [0.3, 0.4) is 0 Å². The molecule has 0 aromatic heterocycles. The maximum absolute atomic E-state index is 12.1. The summed E-state index contributed by atoms with van der Waals surface area (Å²) in [5.41, 5.74) is 2.27. The van der Waals surface area contributed by atoms with Crippen LogP contribution in [0.1, 0.15) is 22.8 Å². The average molecular weight is 261 g/mol. The summed E-state index contributed by atoms with van der Waals surface area (Å²) in [6, 6.07) is 5.40. The Morgan fingerprint density at radius 2 is 2.21 bits per heavy atom. The van der Waals surface area contributed by atoms with E-state index in [0.29, 0.717) is 12.0 Å². The summed E-state index contributed by atoms with van der Waals surface area (Å²) in [6.07, 6.45) is 0.397. The quantitative estimate of drug-likeness (QED) is 0.845. The van der Waals surface area contributed by atoms with E-state index in [9.17, 15) is 9.59 Å². The Labute approximate surface area is 113 Å². The monoisotopic (exact) mass is 261 g/mol. The number of amides is 2. The van der Waals surface area contributed by atoms with Gasteiger partial charge in [-0.05, 0) is 38.7 Å². The highest BCUT2D eigenvalue weighted by atomic mass is 16.2. The molecule has 0 radical (unpaired) electrons. The normalized spacial score (nSPS) is 15.1. The number of carbonyl (C=O) groups is 2. The number of likely N-dealkylation sites (N-methyl/N-ethyl adjacent to an activating group) is 1. The van der Waals surface area contributed by atoms with Gasteiger partial charge in [0.05, 0.1) is 6.42 Å². The molecule has 1 aliphatic rings. The second-order valence-corrected chi connectivity index (χ2v) is 5.23. The molecule has 1 aliphatic heterocycles. The number of nitrogens with one attached hydrogen (secondary N) is 2. The second kappa shape index (κ2) is 5.40. The van der Waals surface area contributed by atoms with Crippen LogP contribution in [0.25, 0.3) is 0 Å². The average Bonchev–Trinajstić information content (AvgIpc) is 2.66. The van der Waals surface area contributed by atoms with Crippen molar-refractivity contribution in [2.45, 2.75) is 19.4 Å². The van der Waals surface area contributed by atoms with Crippen LogP contribution in [0.15, 0.2) is 18.2 Å². The van der Waals surface area contributed by atoms with Crippen LogP contribution >= 0.6 is 0 Å². The maximum atomic E-state index is 12.1. The van der Waals surface area contributed by atoms with Gasteiger partial charge >= 0.3 is 0 Å². The molecule has 1 unspecified atom stereocenters. The molecule has 0 aliphatic carbocycles. The highest BCUT2D eigenvalue weighted by molar-refractivity contribution is 6.02. The molecule has 0 saturated carbocycles. The van der Waals surface area contributed by atoms with Crippen LogP contribution in [0.2, 0.25) is 0 Å². The van der Waals surface area contributed by atoms with E-state index in [1.807, 2.05) is 32.0 Å². The summed E-state index contributed by atoms with van der Waals surface area (Å²) in [4.78, 5) is 25.4. The van der Waals surface area contributed by atoms with Crippen LogP contribution in [-0.2, 0) is 11.2 Å². The first-order valence-corrected chi connectivity index (χ1v) is 6.34. The molecule has 102 valence electrons. The van der Waals surface area contributed by atoms with Crippen LogP contribution in [-0.4, -0.2) is 43.4 Å². The second-order valence-electron chi connectivity index (χ2n) is 5.23. The van der Waals surface area contributed by atoms with Crippen LogP contribution in [0, 0.1) is 0 Å². The molecule has 5 nitrogen and oxygen atoms in total. The van der Waals surface area contributed by atoms with Gasteiger partial charge in [-0.15, -0.1) is 0 Å². The summed E-state index contributed by atoms with van der Waals surface area (Å²) in [6.45, 7) is 2.75.